The number of hydrogen-bond donors (Lipinski definition) is 1. The lowest BCUT2D eigenvalue weighted by atomic mass is 9.51. The van der Waals surface area contributed by atoms with Gasteiger partial charge in [-0.05, 0) is 38.3 Å². The zero-order chi connectivity index (χ0) is 20.2. The van der Waals surface area contributed by atoms with E-state index in [1.54, 1.807) is 24.3 Å². The van der Waals surface area contributed by atoms with Gasteiger partial charge in [-0.2, -0.15) is 0 Å². The molecule has 0 spiro atoms. The summed E-state index contributed by atoms with van der Waals surface area (Å²) in [5, 5.41) is 2.88. The van der Waals surface area contributed by atoms with Gasteiger partial charge < -0.3 is 5.32 Å². The molecule has 2 bridgehead atoms. The van der Waals surface area contributed by atoms with Gasteiger partial charge in [-0.1, -0.05) is 32.9 Å². The van der Waals surface area contributed by atoms with E-state index in [0.717, 1.165) is 0 Å². The minimum absolute atomic E-state index is 0.0799. The molecule has 2 atom stereocenters. The number of fused-ring (bicyclic) bond motifs is 2. The Morgan fingerprint density at radius 3 is 2.07 bits per heavy atom. The van der Waals surface area contributed by atoms with E-state index in [9.17, 15) is 19.2 Å². The van der Waals surface area contributed by atoms with Gasteiger partial charge in [-0.3, -0.25) is 24.1 Å². The highest BCUT2D eigenvalue weighted by atomic mass is 16.2. The minimum atomic E-state index is -0.861. The van der Waals surface area contributed by atoms with Crippen LogP contribution in [0.5, 0.6) is 0 Å². The van der Waals surface area contributed by atoms with Crippen LogP contribution in [0.25, 0.3) is 0 Å². The van der Waals surface area contributed by atoms with E-state index >= 15 is 0 Å². The zero-order valence-electron chi connectivity index (χ0n) is 16.5. The zero-order valence-corrected chi connectivity index (χ0v) is 16.5. The minimum Gasteiger partial charge on any atom is -0.326 e. The lowest BCUT2D eigenvalue weighted by Crippen LogP contribution is -2.63. The van der Waals surface area contributed by atoms with Gasteiger partial charge in [0.2, 0.25) is 17.7 Å². The molecule has 1 heterocycles. The first-order valence-electron chi connectivity index (χ1n) is 9.15. The van der Waals surface area contributed by atoms with Crippen LogP contribution in [-0.2, 0) is 14.4 Å². The Balaban J connectivity index is 1.91. The van der Waals surface area contributed by atoms with Crippen LogP contribution in [0.4, 0.5) is 5.69 Å². The van der Waals surface area contributed by atoms with Crippen molar-refractivity contribution in [3.05, 3.63) is 29.8 Å². The summed E-state index contributed by atoms with van der Waals surface area (Å²) in [6, 6.07) is 6.78. The van der Waals surface area contributed by atoms with Crippen LogP contribution in [0.1, 0.15) is 57.3 Å². The molecule has 6 heteroatoms. The first-order chi connectivity index (χ1) is 12.4. The van der Waals surface area contributed by atoms with Crippen LogP contribution in [0.2, 0.25) is 0 Å². The molecule has 1 saturated carbocycles. The summed E-state index contributed by atoms with van der Waals surface area (Å²) < 4.78 is 0. The third-order valence-electron chi connectivity index (χ3n) is 6.06. The first kappa shape index (κ1) is 19.3. The number of amides is 3. The SMILES string of the molecule is CC(=O)c1cccc(NC(=O)C2(C)CC3(C)CC(C)(C2)C(=O)N(C)C3=O)c1. The number of carbonyl (C=O) groups excluding carboxylic acids is 4. The van der Waals surface area contributed by atoms with Crippen LogP contribution in [0.3, 0.4) is 0 Å². The van der Waals surface area contributed by atoms with Crippen LogP contribution in [-0.4, -0.2) is 35.5 Å². The Bertz CT molecular complexity index is 831. The molecule has 144 valence electrons. The summed E-state index contributed by atoms with van der Waals surface area (Å²) in [6.07, 6.45) is 1.22. The summed E-state index contributed by atoms with van der Waals surface area (Å²) in [5.41, 5.74) is -1.30. The fourth-order valence-electron chi connectivity index (χ4n) is 5.23. The maximum Gasteiger partial charge on any atom is 0.234 e. The van der Waals surface area contributed by atoms with Crippen LogP contribution >= 0.6 is 0 Å². The summed E-state index contributed by atoms with van der Waals surface area (Å²) in [6.45, 7) is 6.98. The Labute approximate surface area is 159 Å². The van der Waals surface area contributed by atoms with Gasteiger partial charge >= 0.3 is 0 Å². The number of likely N-dealkylation sites (tertiary alicyclic amines) is 1. The number of carbonyl (C=O) groups is 4. The topological polar surface area (TPSA) is 83.6 Å². The number of hydrogen-bond acceptors (Lipinski definition) is 4. The third kappa shape index (κ3) is 3.07. The number of imide groups is 1. The molecule has 1 aliphatic carbocycles. The normalized spacial score (nSPS) is 33.0. The van der Waals surface area contributed by atoms with Gasteiger partial charge in [0.25, 0.3) is 0 Å². The number of Topliss-reactive ketones (excluding diaryl/α,β-unsaturated/α-hetero) is 1. The third-order valence-corrected chi connectivity index (χ3v) is 6.06. The van der Waals surface area contributed by atoms with Crippen molar-refractivity contribution in [3.63, 3.8) is 0 Å². The average molecular weight is 370 g/mol. The van der Waals surface area contributed by atoms with Crippen molar-refractivity contribution in [3.8, 4) is 0 Å². The predicted molar refractivity (Wildman–Crippen MR) is 101 cm³/mol. The first-order valence-corrected chi connectivity index (χ1v) is 9.15. The monoisotopic (exact) mass is 370 g/mol. The molecule has 1 N–H and O–H groups in total. The maximum absolute atomic E-state index is 13.1. The van der Waals surface area contributed by atoms with Gasteiger partial charge in [0.15, 0.2) is 5.78 Å². The summed E-state index contributed by atoms with van der Waals surface area (Å²) in [7, 11) is 1.52. The lowest BCUT2D eigenvalue weighted by Gasteiger charge is -2.55. The average Bonchev–Trinajstić information content (AvgIpc) is 2.58. The Morgan fingerprint density at radius 2 is 1.56 bits per heavy atom. The van der Waals surface area contributed by atoms with Gasteiger partial charge in [0.1, 0.15) is 0 Å². The number of ketones is 1. The second-order valence-electron chi connectivity index (χ2n) is 8.97. The molecule has 27 heavy (non-hydrogen) atoms. The van der Waals surface area contributed by atoms with E-state index in [0.29, 0.717) is 30.5 Å². The highest BCUT2D eigenvalue weighted by Gasteiger charge is 2.62. The van der Waals surface area contributed by atoms with E-state index in [2.05, 4.69) is 5.32 Å². The van der Waals surface area contributed by atoms with Crippen molar-refractivity contribution >= 4 is 29.2 Å². The second-order valence-corrected chi connectivity index (χ2v) is 8.97. The summed E-state index contributed by atoms with van der Waals surface area (Å²) in [5.74, 6) is -0.751. The number of nitrogens with one attached hydrogen (secondary N) is 1. The highest BCUT2D eigenvalue weighted by molar-refractivity contribution is 6.05. The second kappa shape index (κ2) is 6.01. The van der Waals surface area contributed by atoms with Gasteiger partial charge in [0.05, 0.1) is 0 Å². The van der Waals surface area contributed by atoms with E-state index in [1.807, 2.05) is 20.8 Å². The van der Waals surface area contributed by atoms with Crippen LogP contribution in [0, 0.1) is 16.2 Å². The number of benzene rings is 1. The van der Waals surface area contributed by atoms with Crippen molar-refractivity contribution in [2.75, 3.05) is 12.4 Å². The van der Waals surface area contributed by atoms with Crippen molar-refractivity contribution in [2.24, 2.45) is 16.2 Å². The number of anilines is 1. The standard InChI is InChI=1S/C21H26N2O4/c1-13(24)14-7-6-8-15(9-14)22-16(25)19(2)10-20(3)12-21(4,11-19)18(27)23(5)17(20)26/h6-9H,10-12H2,1-5H3,(H,22,25). The predicted octanol–water partition coefficient (Wildman–Crippen LogP) is 3.03. The molecular weight excluding hydrogens is 344 g/mol. The van der Waals surface area contributed by atoms with E-state index in [4.69, 9.17) is 0 Å². The lowest BCUT2D eigenvalue weighted by molar-refractivity contribution is -0.177. The maximum atomic E-state index is 13.1. The Kier molecular flexibility index (Phi) is 4.29. The molecule has 3 rings (SSSR count). The number of rotatable bonds is 3. The quantitative estimate of drug-likeness (QED) is 0.655. The van der Waals surface area contributed by atoms with E-state index < -0.39 is 16.2 Å². The Hall–Kier alpha value is -2.50. The molecule has 0 aromatic heterocycles. The number of nitrogens with zero attached hydrogens (tertiary/aromatic N) is 1. The molecule has 6 nitrogen and oxygen atoms in total. The summed E-state index contributed by atoms with van der Waals surface area (Å²) >= 11 is 0. The fourth-order valence-corrected chi connectivity index (χ4v) is 5.23. The van der Waals surface area contributed by atoms with E-state index in [1.165, 1.54) is 18.9 Å². The Morgan fingerprint density at radius 1 is 1.00 bits per heavy atom. The molecular formula is C21H26N2O4. The molecule has 3 amide bonds. The van der Waals surface area contributed by atoms with Gasteiger partial charge in [-0.25, -0.2) is 0 Å². The van der Waals surface area contributed by atoms with Crippen LogP contribution in [0.15, 0.2) is 24.3 Å². The van der Waals surface area contributed by atoms with Crippen molar-refractivity contribution < 1.29 is 19.2 Å². The molecule has 1 aliphatic heterocycles. The molecule has 0 radical (unpaired) electrons. The molecule has 2 aliphatic rings. The van der Waals surface area contributed by atoms with Gasteiger partial charge in [0, 0.05) is 34.5 Å². The molecule has 2 unspecified atom stereocenters. The summed E-state index contributed by atoms with van der Waals surface area (Å²) in [4.78, 5) is 51.4. The molecule has 1 aromatic rings. The van der Waals surface area contributed by atoms with Gasteiger partial charge in [-0.15, -0.1) is 0 Å². The number of piperidine rings is 1. The molecule has 1 saturated heterocycles. The van der Waals surface area contributed by atoms with Crippen molar-refractivity contribution in [2.45, 2.75) is 47.0 Å². The van der Waals surface area contributed by atoms with E-state index in [-0.39, 0.29) is 23.5 Å². The molecule has 1 aromatic carbocycles. The smallest absolute Gasteiger partial charge is 0.234 e. The van der Waals surface area contributed by atoms with Crippen LogP contribution < -0.4 is 5.32 Å². The van der Waals surface area contributed by atoms with Crippen molar-refractivity contribution in [1.29, 1.82) is 0 Å². The highest BCUT2D eigenvalue weighted by Crippen LogP contribution is 2.58. The van der Waals surface area contributed by atoms with Crippen molar-refractivity contribution in [1.82, 2.24) is 4.90 Å². The largest absolute Gasteiger partial charge is 0.326 e. The fraction of sp³-hybridized carbons (Fsp3) is 0.524. The molecule has 2 fully saturated rings.